The summed E-state index contributed by atoms with van der Waals surface area (Å²) in [6.07, 6.45) is 0. The minimum Gasteiger partial charge on any atom is -0.207 e. The zero-order valence-corrected chi connectivity index (χ0v) is 16.7. The monoisotopic (exact) mass is 405 g/mol. The van der Waals surface area contributed by atoms with Crippen molar-refractivity contribution < 1.29 is 8.42 Å². The summed E-state index contributed by atoms with van der Waals surface area (Å²) in [6.45, 7) is 0.240. The Morgan fingerprint density at radius 3 is 2.29 bits per heavy atom. The molecule has 140 valence electrons. The third-order valence-corrected chi connectivity index (χ3v) is 6.64. The summed E-state index contributed by atoms with van der Waals surface area (Å²) in [7, 11) is -3.62. The number of nitrogens with one attached hydrogen (secondary N) is 1. The Hall–Kier alpha value is -2.73. The molecule has 0 aliphatic carbocycles. The molecule has 5 heteroatoms. The number of sulfonamides is 1. The van der Waals surface area contributed by atoms with Gasteiger partial charge in [0.25, 0.3) is 0 Å². The van der Waals surface area contributed by atoms with Crippen molar-refractivity contribution in [3.63, 3.8) is 0 Å². The zero-order chi connectivity index (χ0) is 19.4. The van der Waals surface area contributed by atoms with Gasteiger partial charge in [0.1, 0.15) is 0 Å². The van der Waals surface area contributed by atoms with Crippen LogP contribution < -0.4 is 4.72 Å². The van der Waals surface area contributed by atoms with E-state index in [0.29, 0.717) is 0 Å². The zero-order valence-electron chi connectivity index (χ0n) is 15.1. The molecule has 0 saturated heterocycles. The lowest BCUT2D eigenvalue weighted by molar-refractivity contribution is 0.581. The van der Waals surface area contributed by atoms with E-state index in [1.54, 1.807) is 29.5 Å². The summed E-state index contributed by atoms with van der Waals surface area (Å²) < 4.78 is 28.5. The molecule has 0 amide bonds. The van der Waals surface area contributed by atoms with Crippen LogP contribution in [-0.4, -0.2) is 8.42 Å². The first-order valence-corrected chi connectivity index (χ1v) is 11.3. The van der Waals surface area contributed by atoms with Crippen molar-refractivity contribution >= 4 is 21.4 Å². The minimum absolute atomic E-state index is 0.240. The van der Waals surface area contributed by atoms with Crippen molar-refractivity contribution in [1.82, 2.24) is 4.72 Å². The number of rotatable bonds is 6. The summed E-state index contributed by atoms with van der Waals surface area (Å²) in [5.74, 6) is 0. The van der Waals surface area contributed by atoms with Gasteiger partial charge in [0.15, 0.2) is 0 Å². The van der Waals surface area contributed by atoms with Crippen molar-refractivity contribution in [3.05, 3.63) is 101 Å². The smallest absolute Gasteiger partial charge is 0.207 e. The first-order chi connectivity index (χ1) is 13.6. The van der Waals surface area contributed by atoms with Crippen LogP contribution in [-0.2, 0) is 16.6 Å². The van der Waals surface area contributed by atoms with Gasteiger partial charge in [-0.25, -0.2) is 13.1 Å². The molecule has 0 atom stereocenters. The molecule has 0 aliphatic heterocycles. The lowest BCUT2D eigenvalue weighted by Crippen LogP contribution is -2.23. The minimum atomic E-state index is -3.62. The van der Waals surface area contributed by atoms with E-state index in [1.807, 2.05) is 72.1 Å². The van der Waals surface area contributed by atoms with Crippen LogP contribution in [0.25, 0.3) is 22.3 Å². The van der Waals surface area contributed by atoms with Crippen LogP contribution in [0.3, 0.4) is 0 Å². The molecule has 1 N–H and O–H groups in total. The molecule has 28 heavy (non-hydrogen) atoms. The Kier molecular flexibility index (Phi) is 5.39. The van der Waals surface area contributed by atoms with E-state index in [2.05, 4.69) is 10.1 Å². The van der Waals surface area contributed by atoms with Crippen LogP contribution in [0.2, 0.25) is 0 Å². The third-order valence-electron chi connectivity index (χ3n) is 4.55. The molecule has 4 rings (SSSR count). The maximum Gasteiger partial charge on any atom is 0.240 e. The molecule has 0 aliphatic rings. The average Bonchev–Trinajstić information content (AvgIpc) is 3.28. The molecule has 0 fully saturated rings. The standard InChI is InChI=1S/C23H19NO2S2/c25-28(26,22-11-6-10-19(15-22)18-7-2-1-3-8-18)24-16-20-9-4-5-12-23(20)21-13-14-27-17-21/h1-15,17,24H,16H2. The van der Waals surface area contributed by atoms with Gasteiger partial charge in [0.2, 0.25) is 10.0 Å². The molecule has 0 radical (unpaired) electrons. The molecule has 1 aromatic heterocycles. The van der Waals surface area contributed by atoms with Gasteiger partial charge in [0, 0.05) is 6.54 Å². The van der Waals surface area contributed by atoms with E-state index in [1.165, 1.54) is 0 Å². The van der Waals surface area contributed by atoms with Gasteiger partial charge < -0.3 is 0 Å². The van der Waals surface area contributed by atoms with Crippen LogP contribution >= 0.6 is 11.3 Å². The number of hydrogen-bond acceptors (Lipinski definition) is 3. The van der Waals surface area contributed by atoms with Crippen molar-refractivity contribution in [2.75, 3.05) is 0 Å². The molecule has 0 unspecified atom stereocenters. The Morgan fingerprint density at radius 2 is 1.50 bits per heavy atom. The average molecular weight is 406 g/mol. The number of benzene rings is 3. The molecule has 4 aromatic rings. The summed E-state index contributed by atoms with van der Waals surface area (Å²) >= 11 is 1.62. The lowest BCUT2D eigenvalue weighted by Gasteiger charge is -2.11. The number of thiophene rings is 1. The maximum absolute atomic E-state index is 12.9. The van der Waals surface area contributed by atoms with Gasteiger partial charge in [-0.05, 0) is 56.8 Å². The summed E-state index contributed by atoms with van der Waals surface area (Å²) in [5.41, 5.74) is 4.96. The second-order valence-corrected chi connectivity index (χ2v) is 8.93. The Morgan fingerprint density at radius 1 is 0.750 bits per heavy atom. The fourth-order valence-electron chi connectivity index (χ4n) is 3.10. The molecular weight excluding hydrogens is 386 g/mol. The molecule has 0 spiro atoms. The van der Waals surface area contributed by atoms with E-state index < -0.39 is 10.0 Å². The predicted octanol–water partition coefficient (Wildman–Crippen LogP) is 5.56. The highest BCUT2D eigenvalue weighted by Gasteiger charge is 2.16. The Bertz CT molecular complexity index is 1170. The van der Waals surface area contributed by atoms with Crippen molar-refractivity contribution in [2.45, 2.75) is 11.4 Å². The lowest BCUT2D eigenvalue weighted by atomic mass is 10.0. The van der Waals surface area contributed by atoms with Crippen LogP contribution in [0.1, 0.15) is 5.56 Å². The van der Waals surface area contributed by atoms with Crippen LogP contribution in [0.15, 0.2) is 101 Å². The largest absolute Gasteiger partial charge is 0.240 e. The first kappa shape index (κ1) is 18.6. The number of hydrogen-bond donors (Lipinski definition) is 1. The predicted molar refractivity (Wildman–Crippen MR) is 116 cm³/mol. The van der Waals surface area contributed by atoms with E-state index in [-0.39, 0.29) is 11.4 Å². The van der Waals surface area contributed by atoms with Gasteiger partial charge in [-0.1, -0.05) is 66.7 Å². The van der Waals surface area contributed by atoms with Crippen molar-refractivity contribution in [1.29, 1.82) is 0 Å². The molecule has 1 heterocycles. The summed E-state index contributed by atoms with van der Waals surface area (Å²) in [6, 6.07) is 26.7. The van der Waals surface area contributed by atoms with Crippen molar-refractivity contribution in [3.8, 4) is 22.3 Å². The fraction of sp³-hybridized carbons (Fsp3) is 0.0435. The Labute approximate surface area is 169 Å². The van der Waals surface area contributed by atoms with Gasteiger partial charge in [0.05, 0.1) is 4.90 Å². The van der Waals surface area contributed by atoms with Gasteiger partial charge in [-0.2, -0.15) is 11.3 Å². The highest BCUT2D eigenvalue weighted by Crippen LogP contribution is 2.26. The summed E-state index contributed by atoms with van der Waals surface area (Å²) in [5, 5.41) is 4.09. The van der Waals surface area contributed by atoms with E-state index >= 15 is 0 Å². The van der Waals surface area contributed by atoms with Crippen LogP contribution in [0.4, 0.5) is 0 Å². The highest BCUT2D eigenvalue weighted by molar-refractivity contribution is 7.89. The Balaban J connectivity index is 1.58. The summed E-state index contributed by atoms with van der Waals surface area (Å²) in [4.78, 5) is 0.266. The topological polar surface area (TPSA) is 46.2 Å². The molecule has 3 aromatic carbocycles. The van der Waals surface area contributed by atoms with Crippen LogP contribution in [0, 0.1) is 0 Å². The molecule has 0 saturated carbocycles. The van der Waals surface area contributed by atoms with Crippen LogP contribution in [0.5, 0.6) is 0 Å². The van der Waals surface area contributed by atoms with E-state index in [4.69, 9.17) is 0 Å². The molecule has 0 bridgehead atoms. The van der Waals surface area contributed by atoms with Crippen molar-refractivity contribution in [2.24, 2.45) is 0 Å². The second-order valence-electron chi connectivity index (χ2n) is 6.39. The third kappa shape index (κ3) is 4.07. The highest BCUT2D eigenvalue weighted by atomic mass is 32.2. The first-order valence-electron chi connectivity index (χ1n) is 8.89. The molecular formula is C23H19NO2S2. The normalized spacial score (nSPS) is 11.4. The second kappa shape index (κ2) is 8.10. The van der Waals surface area contributed by atoms with Gasteiger partial charge in [-0.3, -0.25) is 0 Å². The molecule has 3 nitrogen and oxygen atoms in total. The van der Waals surface area contributed by atoms with Gasteiger partial charge in [-0.15, -0.1) is 0 Å². The quantitative estimate of drug-likeness (QED) is 0.456. The van der Waals surface area contributed by atoms with Gasteiger partial charge >= 0.3 is 0 Å². The SMILES string of the molecule is O=S(=O)(NCc1ccccc1-c1ccsc1)c1cccc(-c2ccccc2)c1. The maximum atomic E-state index is 12.9. The van der Waals surface area contributed by atoms with E-state index in [9.17, 15) is 8.42 Å². The fourth-order valence-corrected chi connectivity index (χ4v) is 4.81. The van der Waals surface area contributed by atoms with E-state index in [0.717, 1.165) is 27.8 Å².